The number of nitrogens with one attached hydrogen (secondary N) is 1. The fourth-order valence-corrected chi connectivity index (χ4v) is 3.67. The van der Waals surface area contributed by atoms with Crippen LogP contribution in [-0.4, -0.2) is 55.5 Å². The van der Waals surface area contributed by atoms with E-state index in [1.54, 1.807) is 11.3 Å². The lowest BCUT2D eigenvalue weighted by atomic mass is 9.90. The number of carbonyl (C=O) groups excluding carboxylic acids is 1. The first-order valence-electron chi connectivity index (χ1n) is 7.72. The Morgan fingerprint density at radius 1 is 1.33 bits per heavy atom. The van der Waals surface area contributed by atoms with Crippen molar-refractivity contribution in [2.75, 3.05) is 27.7 Å². The van der Waals surface area contributed by atoms with E-state index in [9.17, 15) is 4.79 Å². The highest BCUT2D eigenvalue weighted by Gasteiger charge is 2.24. The molecule has 1 amide bonds. The maximum absolute atomic E-state index is 12.3. The third-order valence-electron chi connectivity index (χ3n) is 4.54. The van der Waals surface area contributed by atoms with Crippen molar-refractivity contribution in [3.63, 3.8) is 0 Å². The van der Waals surface area contributed by atoms with E-state index >= 15 is 0 Å². The largest absolute Gasteiger partial charge is 0.340 e. The minimum Gasteiger partial charge on any atom is -0.340 e. The average molecular weight is 309 g/mol. The lowest BCUT2D eigenvalue weighted by Gasteiger charge is -2.34. The first kappa shape index (κ1) is 16.5. The third-order valence-corrected chi connectivity index (χ3v) is 5.27. The van der Waals surface area contributed by atoms with Crippen molar-refractivity contribution in [2.24, 2.45) is 0 Å². The fourth-order valence-electron chi connectivity index (χ4n) is 3.01. The SMILES string of the molecule is CNC1CCC(N(C)CC(=O)N(C)Cc2ccsc2)CC1. The highest BCUT2D eigenvalue weighted by Crippen LogP contribution is 2.22. The Morgan fingerprint density at radius 2 is 2.05 bits per heavy atom. The van der Waals surface area contributed by atoms with Crippen molar-refractivity contribution >= 4 is 17.2 Å². The van der Waals surface area contributed by atoms with Crippen LogP contribution in [0.2, 0.25) is 0 Å². The molecule has 2 rings (SSSR count). The quantitative estimate of drug-likeness (QED) is 0.875. The van der Waals surface area contributed by atoms with Gasteiger partial charge in [0.2, 0.25) is 5.91 Å². The van der Waals surface area contributed by atoms with Crippen LogP contribution in [0.4, 0.5) is 0 Å². The molecule has 5 heteroatoms. The molecule has 118 valence electrons. The fraction of sp³-hybridized carbons (Fsp3) is 0.688. The molecule has 0 unspecified atom stereocenters. The minimum atomic E-state index is 0.208. The zero-order valence-corrected chi connectivity index (χ0v) is 14.2. The summed E-state index contributed by atoms with van der Waals surface area (Å²) in [5.74, 6) is 0.208. The van der Waals surface area contributed by atoms with Crippen LogP contribution in [0.15, 0.2) is 16.8 Å². The molecule has 1 heterocycles. The van der Waals surface area contributed by atoms with Crippen LogP contribution < -0.4 is 5.32 Å². The molecule has 1 aromatic heterocycles. The monoisotopic (exact) mass is 309 g/mol. The maximum atomic E-state index is 12.3. The van der Waals surface area contributed by atoms with Crippen molar-refractivity contribution in [2.45, 2.75) is 44.3 Å². The van der Waals surface area contributed by atoms with Crippen LogP contribution in [-0.2, 0) is 11.3 Å². The van der Waals surface area contributed by atoms with Gasteiger partial charge in [-0.05, 0) is 62.2 Å². The van der Waals surface area contributed by atoms with Gasteiger partial charge in [-0.3, -0.25) is 9.69 Å². The van der Waals surface area contributed by atoms with Gasteiger partial charge in [0.05, 0.1) is 6.54 Å². The van der Waals surface area contributed by atoms with Crippen LogP contribution in [0.3, 0.4) is 0 Å². The second-order valence-corrected chi connectivity index (χ2v) is 6.87. The van der Waals surface area contributed by atoms with E-state index < -0.39 is 0 Å². The van der Waals surface area contributed by atoms with Crippen molar-refractivity contribution in [1.82, 2.24) is 15.1 Å². The van der Waals surface area contributed by atoms with E-state index in [0.717, 1.165) is 0 Å². The van der Waals surface area contributed by atoms with E-state index in [0.29, 0.717) is 25.2 Å². The van der Waals surface area contributed by atoms with Gasteiger partial charge in [0.1, 0.15) is 0 Å². The molecule has 0 aliphatic heterocycles. The molecule has 4 nitrogen and oxygen atoms in total. The van der Waals surface area contributed by atoms with Crippen LogP contribution >= 0.6 is 11.3 Å². The predicted octanol–water partition coefficient (Wildman–Crippen LogP) is 2.17. The Labute approximate surface area is 132 Å². The molecule has 21 heavy (non-hydrogen) atoms. The summed E-state index contributed by atoms with van der Waals surface area (Å²) in [4.78, 5) is 16.4. The standard InChI is InChI=1S/C16H27N3OS/c1-17-14-4-6-15(7-5-14)18(2)11-16(20)19(3)10-13-8-9-21-12-13/h8-9,12,14-15,17H,4-7,10-11H2,1-3H3. The summed E-state index contributed by atoms with van der Waals surface area (Å²) in [6, 6.07) is 3.29. The molecule has 0 aromatic carbocycles. The van der Waals surface area contributed by atoms with Gasteiger partial charge in [0, 0.05) is 25.7 Å². The number of hydrogen-bond acceptors (Lipinski definition) is 4. The number of amides is 1. The van der Waals surface area contributed by atoms with Gasteiger partial charge in [0.15, 0.2) is 0 Å². The summed E-state index contributed by atoms with van der Waals surface area (Å²) < 4.78 is 0. The maximum Gasteiger partial charge on any atom is 0.236 e. The molecule has 1 aliphatic carbocycles. The van der Waals surface area contributed by atoms with E-state index in [1.807, 2.05) is 19.0 Å². The first-order valence-corrected chi connectivity index (χ1v) is 8.67. The zero-order valence-electron chi connectivity index (χ0n) is 13.3. The summed E-state index contributed by atoms with van der Waals surface area (Å²) in [7, 11) is 6.02. The second kappa shape index (κ2) is 7.92. The lowest BCUT2D eigenvalue weighted by Crippen LogP contribution is -2.44. The van der Waals surface area contributed by atoms with Crippen LogP contribution in [0, 0.1) is 0 Å². The van der Waals surface area contributed by atoms with Crippen molar-refractivity contribution < 1.29 is 4.79 Å². The van der Waals surface area contributed by atoms with Crippen LogP contribution in [0.1, 0.15) is 31.2 Å². The van der Waals surface area contributed by atoms with E-state index in [1.165, 1.54) is 31.2 Å². The molecule has 0 radical (unpaired) electrons. The highest BCUT2D eigenvalue weighted by molar-refractivity contribution is 7.07. The van der Waals surface area contributed by atoms with Gasteiger partial charge in [-0.25, -0.2) is 0 Å². The molecule has 1 N–H and O–H groups in total. The van der Waals surface area contributed by atoms with Gasteiger partial charge in [-0.15, -0.1) is 0 Å². The zero-order chi connectivity index (χ0) is 15.2. The normalized spacial score (nSPS) is 22.5. The lowest BCUT2D eigenvalue weighted by molar-refractivity contribution is -0.132. The predicted molar refractivity (Wildman–Crippen MR) is 88.5 cm³/mol. The molecular weight excluding hydrogens is 282 g/mol. The molecule has 1 fully saturated rings. The second-order valence-electron chi connectivity index (χ2n) is 6.09. The van der Waals surface area contributed by atoms with E-state index in [2.05, 4.69) is 34.1 Å². The summed E-state index contributed by atoms with van der Waals surface area (Å²) >= 11 is 1.68. The molecule has 1 aliphatic rings. The minimum absolute atomic E-state index is 0.208. The van der Waals surface area contributed by atoms with Crippen molar-refractivity contribution in [3.8, 4) is 0 Å². The molecule has 0 bridgehead atoms. The number of carbonyl (C=O) groups is 1. The topological polar surface area (TPSA) is 35.6 Å². The molecule has 1 saturated carbocycles. The van der Waals surface area contributed by atoms with E-state index in [-0.39, 0.29) is 5.91 Å². The number of nitrogens with zero attached hydrogens (tertiary/aromatic N) is 2. The third kappa shape index (κ3) is 4.80. The number of rotatable bonds is 6. The molecule has 0 saturated heterocycles. The number of thiophene rings is 1. The Bertz CT molecular complexity index is 427. The van der Waals surface area contributed by atoms with Gasteiger partial charge in [-0.1, -0.05) is 0 Å². The van der Waals surface area contributed by atoms with Gasteiger partial charge in [0.25, 0.3) is 0 Å². The van der Waals surface area contributed by atoms with Crippen LogP contribution in [0.25, 0.3) is 0 Å². The average Bonchev–Trinajstić information content (AvgIpc) is 3.00. The number of likely N-dealkylation sites (N-methyl/N-ethyl adjacent to an activating group) is 2. The van der Waals surface area contributed by atoms with Gasteiger partial charge >= 0.3 is 0 Å². The Hall–Kier alpha value is -0.910. The summed E-state index contributed by atoms with van der Waals surface area (Å²) in [6.07, 6.45) is 4.79. The Kier molecular flexibility index (Phi) is 6.21. The smallest absolute Gasteiger partial charge is 0.236 e. The molecule has 0 atom stereocenters. The van der Waals surface area contributed by atoms with E-state index in [4.69, 9.17) is 0 Å². The summed E-state index contributed by atoms with van der Waals surface area (Å²) in [6.45, 7) is 1.23. The highest BCUT2D eigenvalue weighted by atomic mass is 32.1. The summed E-state index contributed by atoms with van der Waals surface area (Å²) in [5, 5.41) is 7.51. The Morgan fingerprint density at radius 3 is 2.62 bits per heavy atom. The van der Waals surface area contributed by atoms with Crippen molar-refractivity contribution in [3.05, 3.63) is 22.4 Å². The summed E-state index contributed by atoms with van der Waals surface area (Å²) in [5.41, 5.74) is 1.22. The molecule has 0 spiro atoms. The van der Waals surface area contributed by atoms with Crippen LogP contribution in [0.5, 0.6) is 0 Å². The van der Waals surface area contributed by atoms with Gasteiger partial charge in [-0.2, -0.15) is 11.3 Å². The molecule has 1 aromatic rings. The van der Waals surface area contributed by atoms with Gasteiger partial charge < -0.3 is 10.2 Å². The van der Waals surface area contributed by atoms with Crippen molar-refractivity contribution in [1.29, 1.82) is 0 Å². The Balaban J connectivity index is 1.76. The molecular formula is C16H27N3OS. The first-order chi connectivity index (χ1) is 10.1. The number of hydrogen-bond donors (Lipinski definition) is 1.